The van der Waals surface area contributed by atoms with Crippen molar-refractivity contribution in [3.63, 3.8) is 0 Å². The maximum Gasteiger partial charge on any atom is 0.242 e. The highest BCUT2D eigenvalue weighted by Gasteiger charge is 2.34. The third kappa shape index (κ3) is 3.19. The summed E-state index contributed by atoms with van der Waals surface area (Å²) in [5.41, 5.74) is 0. The first-order chi connectivity index (χ1) is 8.59. The Bertz CT molecular complexity index is 299. The standard InChI is InChI=1S/C13H24N2O2S/c1-9(2)11-8-15(5-7-18-11)13(16)12-10(3)17-6-4-14-12/h9-12,14H,4-8H2,1-3H3/t10-,11?,12+/m1/s1. The van der Waals surface area contributed by atoms with Gasteiger partial charge in [-0.2, -0.15) is 11.8 Å². The summed E-state index contributed by atoms with van der Waals surface area (Å²) < 4.78 is 5.56. The molecule has 1 N–H and O–H groups in total. The van der Waals surface area contributed by atoms with Crippen molar-refractivity contribution in [1.82, 2.24) is 10.2 Å². The number of amides is 1. The molecule has 18 heavy (non-hydrogen) atoms. The van der Waals surface area contributed by atoms with E-state index < -0.39 is 0 Å². The topological polar surface area (TPSA) is 41.6 Å². The van der Waals surface area contributed by atoms with E-state index >= 15 is 0 Å². The van der Waals surface area contributed by atoms with Gasteiger partial charge < -0.3 is 15.0 Å². The molecule has 0 aromatic carbocycles. The highest BCUT2D eigenvalue weighted by Crippen LogP contribution is 2.25. The highest BCUT2D eigenvalue weighted by atomic mass is 32.2. The van der Waals surface area contributed by atoms with Gasteiger partial charge in [0.15, 0.2) is 0 Å². The molecule has 104 valence electrons. The highest BCUT2D eigenvalue weighted by molar-refractivity contribution is 8.00. The second-order valence-electron chi connectivity index (χ2n) is 5.45. The van der Waals surface area contributed by atoms with E-state index in [-0.39, 0.29) is 18.1 Å². The maximum atomic E-state index is 12.5. The molecule has 0 bridgehead atoms. The van der Waals surface area contributed by atoms with Crippen molar-refractivity contribution in [2.75, 3.05) is 32.0 Å². The predicted molar refractivity (Wildman–Crippen MR) is 74.9 cm³/mol. The molecular formula is C13H24N2O2S. The summed E-state index contributed by atoms with van der Waals surface area (Å²) in [7, 11) is 0. The molecule has 1 amide bonds. The van der Waals surface area contributed by atoms with Crippen molar-refractivity contribution in [2.24, 2.45) is 5.92 Å². The molecule has 0 spiro atoms. The molecule has 2 rings (SSSR count). The van der Waals surface area contributed by atoms with Crippen LogP contribution in [0.4, 0.5) is 0 Å². The van der Waals surface area contributed by atoms with Gasteiger partial charge in [-0.05, 0) is 12.8 Å². The van der Waals surface area contributed by atoms with Crippen molar-refractivity contribution >= 4 is 17.7 Å². The van der Waals surface area contributed by atoms with Crippen molar-refractivity contribution < 1.29 is 9.53 Å². The van der Waals surface area contributed by atoms with Gasteiger partial charge in [0.2, 0.25) is 5.91 Å². The Labute approximate surface area is 114 Å². The van der Waals surface area contributed by atoms with E-state index in [0.29, 0.717) is 17.8 Å². The molecule has 2 fully saturated rings. The summed E-state index contributed by atoms with van der Waals surface area (Å²) in [6.07, 6.45) is -0.0154. The van der Waals surface area contributed by atoms with E-state index in [4.69, 9.17) is 4.74 Å². The first kappa shape index (κ1) is 14.2. The lowest BCUT2D eigenvalue weighted by Gasteiger charge is -2.38. The van der Waals surface area contributed by atoms with E-state index in [1.54, 1.807) is 0 Å². The van der Waals surface area contributed by atoms with Crippen LogP contribution in [-0.2, 0) is 9.53 Å². The normalized spacial score (nSPS) is 33.8. The van der Waals surface area contributed by atoms with E-state index in [1.165, 1.54) is 0 Å². The van der Waals surface area contributed by atoms with Crippen LogP contribution in [0.5, 0.6) is 0 Å². The molecular weight excluding hydrogens is 248 g/mol. The number of morpholine rings is 1. The van der Waals surface area contributed by atoms with Crippen molar-refractivity contribution in [2.45, 2.75) is 38.2 Å². The molecule has 0 aliphatic carbocycles. The minimum atomic E-state index is -0.158. The van der Waals surface area contributed by atoms with Crippen LogP contribution in [0.3, 0.4) is 0 Å². The number of hydrogen-bond acceptors (Lipinski definition) is 4. The van der Waals surface area contributed by atoms with Crippen LogP contribution < -0.4 is 5.32 Å². The maximum absolute atomic E-state index is 12.5. The van der Waals surface area contributed by atoms with Gasteiger partial charge in [0.05, 0.1) is 12.7 Å². The molecule has 4 nitrogen and oxygen atoms in total. The minimum Gasteiger partial charge on any atom is -0.375 e. The Morgan fingerprint density at radius 2 is 2.28 bits per heavy atom. The largest absolute Gasteiger partial charge is 0.375 e. The van der Waals surface area contributed by atoms with Gasteiger partial charge in [0, 0.05) is 30.6 Å². The SMILES string of the molecule is CC(C)C1CN(C(=O)[C@H]2NCCO[C@@H]2C)CCS1. The van der Waals surface area contributed by atoms with Gasteiger partial charge >= 0.3 is 0 Å². The first-order valence-electron chi connectivity index (χ1n) is 6.85. The van der Waals surface area contributed by atoms with Gasteiger partial charge in [-0.15, -0.1) is 0 Å². The van der Waals surface area contributed by atoms with Crippen molar-refractivity contribution in [3.05, 3.63) is 0 Å². The predicted octanol–water partition coefficient (Wildman–Crippen LogP) is 0.963. The fraction of sp³-hybridized carbons (Fsp3) is 0.923. The summed E-state index contributed by atoms with van der Waals surface area (Å²) in [5.74, 6) is 1.89. The summed E-state index contributed by atoms with van der Waals surface area (Å²) in [4.78, 5) is 14.5. The summed E-state index contributed by atoms with van der Waals surface area (Å²) in [6, 6.07) is -0.158. The zero-order chi connectivity index (χ0) is 13.1. The van der Waals surface area contributed by atoms with Gasteiger partial charge in [0.1, 0.15) is 6.04 Å². The smallest absolute Gasteiger partial charge is 0.242 e. The van der Waals surface area contributed by atoms with Crippen molar-refractivity contribution in [3.8, 4) is 0 Å². The van der Waals surface area contributed by atoms with E-state index in [9.17, 15) is 4.79 Å². The van der Waals surface area contributed by atoms with Gasteiger partial charge in [-0.3, -0.25) is 4.79 Å². The molecule has 2 aliphatic rings. The van der Waals surface area contributed by atoms with Crippen LogP contribution in [0.2, 0.25) is 0 Å². The second-order valence-corrected chi connectivity index (χ2v) is 6.79. The van der Waals surface area contributed by atoms with Crippen LogP contribution in [0.25, 0.3) is 0 Å². The average molecular weight is 272 g/mol. The van der Waals surface area contributed by atoms with Gasteiger partial charge in [0.25, 0.3) is 0 Å². The number of rotatable bonds is 2. The van der Waals surface area contributed by atoms with Gasteiger partial charge in [-0.25, -0.2) is 0 Å². The lowest BCUT2D eigenvalue weighted by molar-refractivity contribution is -0.139. The Kier molecular flexibility index (Phi) is 4.92. The molecule has 5 heteroatoms. The number of hydrogen-bond donors (Lipinski definition) is 1. The molecule has 0 saturated carbocycles. The Balaban J connectivity index is 1.95. The van der Waals surface area contributed by atoms with E-state index in [0.717, 1.165) is 25.4 Å². The van der Waals surface area contributed by atoms with Crippen LogP contribution in [-0.4, -0.2) is 60.2 Å². The van der Waals surface area contributed by atoms with Crippen LogP contribution in [0.1, 0.15) is 20.8 Å². The third-order valence-corrected chi connectivity index (χ3v) is 5.27. The van der Waals surface area contributed by atoms with E-state index in [2.05, 4.69) is 19.2 Å². The Morgan fingerprint density at radius 1 is 1.50 bits per heavy atom. The minimum absolute atomic E-state index is 0.0154. The third-order valence-electron chi connectivity index (χ3n) is 3.73. The molecule has 0 aromatic heterocycles. The number of carbonyl (C=O) groups excluding carboxylic acids is 1. The summed E-state index contributed by atoms with van der Waals surface area (Å²) in [5, 5.41) is 3.86. The monoisotopic (exact) mass is 272 g/mol. The molecule has 3 atom stereocenters. The average Bonchev–Trinajstić information content (AvgIpc) is 2.38. The molecule has 0 aromatic rings. The molecule has 2 saturated heterocycles. The lowest BCUT2D eigenvalue weighted by atomic mass is 10.1. The summed E-state index contributed by atoms with van der Waals surface area (Å²) in [6.45, 7) is 9.68. The van der Waals surface area contributed by atoms with Crippen LogP contribution >= 0.6 is 11.8 Å². The van der Waals surface area contributed by atoms with Gasteiger partial charge in [-0.1, -0.05) is 13.8 Å². The number of thioether (sulfide) groups is 1. The molecule has 0 radical (unpaired) electrons. The quantitative estimate of drug-likeness (QED) is 0.813. The van der Waals surface area contributed by atoms with Crippen molar-refractivity contribution in [1.29, 1.82) is 0 Å². The molecule has 2 heterocycles. The summed E-state index contributed by atoms with van der Waals surface area (Å²) >= 11 is 1.99. The fourth-order valence-electron chi connectivity index (χ4n) is 2.49. The molecule has 2 aliphatic heterocycles. The lowest BCUT2D eigenvalue weighted by Crippen LogP contribution is -2.58. The fourth-order valence-corrected chi connectivity index (χ4v) is 3.78. The van der Waals surface area contributed by atoms with Crippen LogP contribution in [0.15, 0.2) is 0 Å². The van der Waals surface area contributed by atoms with E-state index in [1.807, 2.05) is 23.6 Å². The molecule has 1 unspecified atom stereocenters. The second kappa shape index (κ2) is 6.26. The van der Waals surface area contributed by atoms with Crippen LogP contribution in [0, 0.1) is 5.92 Å². The zero-order valence-electron chi connectivity index (χ0n) is 11.5. The number of nitrogens with one attached hydrogen (secondary N) is 1. The number of carbonyl (C=O) groups is 1. The number of ether oxygens (including phenoxy) is 1. The Hall–Kier alpha value is -0.260. The zero-order valence-corrected chi connectivity index (χ0v) is 12.3. The Morgan fingerprint density at radius 3 is 2.94 bits per heavy atom. The first-order valence-corrected chi connectivity index (χ1v) is 7.90. The number of nitrogens with zero attached hydrogens (tertiary/aromatic N) is 1.